The molecule has 2 aliphatic rings. The molecule has 0 radical (unpaired) electrons. The lowest BCUT2D eigenvalue weighted by atomic mass is 9.83. The average molecular weight is 305 g/mol. The summed E-state index contributed by atoms with van der Waals surface area (Å²) in [5, 5.41) is 3.03. The fourth-order valence-corrected chi connectivity index (χ4v) is 3.88. The Morgan fingerprint density at radius 2 is 1.79 bits per heavy atom. The third-order valence-electron chi connectivity index (χ3n) is 3.71. The fraction of sp³-hybridized carbons (Fsp3) is 0.286. The van der Waals surface area contributed by atoms with Crippen LogP contribution in [-0.2, 0) is 0 Å². The van der Waals surface area contributed by atoms with E-state index in [0.717, 1.165) is 33.8 Å². The van der Waals surface area contributed by atoms with Crippen LogP contribution < -0.4 is 5.32 Å². The van der Waals surface area contributed by atoms with Gasteiger partial charge in [-0.15, -0.1) is 0 Å². The predicted molar refractivity (Wildman–Crippen MR) is 87.0 cm³/mol. The van der Waals surface area contributed by atoms with E-state index in [1.807, 2.05) is 24.3 Å². The first-order chi connectivity index (χ1) is 9.09. The quantitative estimate of drug-likeness (QED) is 0.806. The van der Waals surface area contributed by atoms with E-state index in [0.29, 0.717) is 4.99 Å². The smallest absolute Gasteiger partial charge is 0.172 e. The molecule has 1 fully saturated rings. The monoisotopic (exact) mass is 305 g/mol. The highest BCUT2D eigenvalue weighted by Gasteiger charge is 2.42. The van der Waals surface area contributed by atoms with E-state index in [1.165, 1.54) is 0 Å². The minimum absolute atomic E-state index is 0.0194. The largest absolute Gasteiger partial charge is 0.344 e. The van der Waals surface area contributed by atoms with Crippen LogP contribution in [-0.4, -0.2) is 20.6 Å². The van der Waals surface area contributed by atoms with Gasteiger partial charge in [-0.05, 0) is 18.4 Å². The van der Waals surface area contributed by atoms with E-state index < -0.39 is 0 Å². The van der Waals surface area contributed by atoms with Gasteiger partial charge in [0.1, 0.15) is 0 Å². The number of Topliss-reactive ketones (excluding diaryl/α,β-unsaturated/α-hetero) is 1. The summed E-state index contributed by atoms with van der Waals surface area (Å²) >= 11 is 16.0. The van der Waals surface area contributed by atoms with Crippen molar-refractivity contribution in [2.75, 3.05) is 0 Å². The Bertz CT molecular complexity index is 588. The summed E-state index contributed by atoms with van der Waals surface area (Å²) in [5.74, 6) is -0.216. The van der Waals surface area contributed by atoms with E-state index >= 15 is 0 Å². The Labute approximate surface area is 127 Å². The summed E-state index contributed by atoms with van der Waals surface area (Å²) in [6.45, 7) is 0. The number of carbonyl (C=O) groups is 1. The minimum atomic E-state index is -0.296. The van der Waals surface area contributed by atoms with Crippen molar-refractivity contribution in [3.63, 3.8) is 0 Å². The van der Waals surface area contributed by atoms with E-state index in [1.54, 1.807) is 0 Å². The van der Waals surface area contributed by atoms with Crippen molar-refractivity contribution < 1.29 is 4.79 Å². The summed E-state index contributed by atoms with van der Waals surface area (Å²) in [7, 11) is 0. The summed E-state index contributed by atoms with van der Waals surface area (Å²) in [5.41, 5.74) is 1.62. The molecule has 1 aliphatic heterocycles. The molecule has 1 saturated heterocycles. The highest BCUT2D eigenvalue weighted by molar-refractivity contribution is 7.82. The molecule has 0 amide bonds. The number of hydrogen-bond acceptors (Lipinski definition) is 4. The molecule has 0 aromatic heterocycles. The molecule has 1 heterocycles. The van der Waals surface area contributed by atoms with Gasteiger partial charge in [0.2, 0.25) is 0 Å². The van der Waals surface area contributed by atoms with Crippen molar-refractivity contribution in [3.8, 4) is 0 Å². The maximum Gasteiger partial charge on any atom is 0.172 e. The Balaban J connectivity index is 1.96. The fourth-order valence-electron chi connectivity index (χ4n) is 2.76. The first-order valence-corrected chi connectivity index (χ1v) is 7.33. The van der Waals surface area contributed by atoms with Crippen LogP contribution in [0.3, 0.4) is 0 Å². The van der Waals surface area contributed by atoms with Crippen molar-refractivity contribution in [1.82, 2.24) is 5.32 Å². The number of ketones is 1. The number of piperidine rings is 1. The van der Waals surface area contributed by atoms with Crippen molar-refractivity contribution >= 4 is 57.3 Å². The van der Waals surface area contributed by atoms with Gasteiger partial charge in [-0.2, -0.15) is 0 Å². The van der Waals surface area contributed by atoms with Gasteiger partial charge in [-0.25, -0.2) is 0 Å². The zero-order valence-corrected chi connectivity index (χ0v) is 12.5. The van der Waals surface area contributed by atoms with Crippen LogP contribution in [0.25, 0.3) is 0 Å². The van der Waals surface area contributed by atoms with Gasteiger partial charge in [-0.3, -0.25) is 4.79 Å². The lowest BCUT2D eigenvalue weighted by Crippen LogP contribution is -2.44. The van der Waals surface area contributed by atoms with E-state index in [9.17, 15) is 4.79 Å². The number of carbonyl (C=O) groups excluding carboxylic acids is 1. The summed E-state index contributed by atoms with van der Waals surface area (Å²) in [6.07, 6.45) is 1.57. The van der Waals surface area contributed by atoms with Crippen molar-refractivity contribution in [1.29, 1.82) is 0 Å². The first kappa shape index (κ1) is 13.0. The number of benzene rings is 1. The number of thiocarbonyl (C=S) groups is 3. The molecule has 1 aliphatic carbocycles. The maximum atomic E-state index is 12.5. The molecular weight excluding hydrogens is 294 g/mol. The first-order valence-electron chi connectivity index (χ1n) is 6.11. The van der Waals surface area contributed by atoms with E-state index in [-0.39, 0.29) is 17.6 Å². The third-order valence-corrected chi connectivity index (χ3v) is 4.89. The molecule has 0 saturated carbocycles. The Kier molecular flexibility index (Phi) is 3.28. The van der Waals surface area contributed by atoms with Crippen LogP contribution >= 0.6 is 36.7 Å². The van der Waals surface area contributed by atoms with Crippen LogP contribution in [0.2, 0.25) is 0 Å². The van der Waals surface area contributed by atoms with E-state index in [2.05, 4.69) is 5.32 Å². The lowest BCUT2D eigenvalue weighted by Gasteiger charge is -2.29. The van der Waals surface area contributed by atoms with Gasteiger partial charge in [0.25, 0.3) is 0 Å². The van der Waals surface area contributed by atoms with Crippen molar-refractivity contribution in [3.05, 3.63) is 35.4 Å². The average Bonchev–Trinajstić information content (AvgIpc) is 2.64. The second kappa shape index (κ2) is 4.81. The molecule has 2 atom stereocenters. The summed E-state index contributed by atoms with van der Waals surface area (Å²) < 4.78 is 0. The minimum Gasteiger partial charge on any atom is -0.344 e. The molecular formula is C14H11NOS3. The molecule has 0 spiro atoms. The van der Waals surface area contributed by atoms with E-state index in [4.69, 9.17) is 36.7 Å². The highest BCUT2D eigenvalue weighted by atomic mass is 32.1. The second-order valence-electron chi connectivity index (χ2n) is 4.81. The lowest BCUT2D eigenvalue weighted by molar-refractivity contribution is 0.0944. The Hall–Kier alpha value is -1.04. The van der Waals surface area contributed by atoms with Crippen LogP contribution in [0.15, 0.2) is 24.3 Å². The van der Waals surface area contributed by atoms with Crippen LogP contribution in [0.4, 0.5) is 0 Å². The molecule has 1 N–H and O–H groups in total. The van der Waals surface area contributed by atoms with Crippen LogP contribution in [0.5, 0.6) is 0 Å². The number of nitrogens with one attached hydrogen (secondary N) is 1. The van der Waals surface area contributed by atoms with Crippen molar-refractivity contribution in [2.45, 2.75) is 12.8 Å². The van der Waals surface area contributed by atoms with Crippen LogP contribution in [0.1, 0.15) is 28.8 Å². The maximum absolute atomic E-state index is 12.5. The molecule has 3 rings (SSSR count). The Morgan fingerprint density at radius 1 is 1.11 bits per heavy atom. The second-order valence-corrected chi connectivity index (χ2v) is 6.18. The molecule has 0 bridgehead atoms. The zero-order chi connectivity index (χ0) is 13.6. The van der Waals surface area contributed by atoms with Crippen molar-refractivity contribution in [2.24, 2.45) is 11.8 Å². The SMILES string of the molecule is O=C1c2ccccc2C(=S)C1C1CCC(=S)NC1=S. The highest BCUT2D eigenvalue weighted by Crippen LogP contribution is 2.36. The standard InChI is InChI=1S/C14H11NOS3/c16-12-7-3-1-2-4-8(7)13(18)11(12)9-5-6-10(17)15-14(9)19/h1-4,9,11H,5-6H2,(H,15,17,19). The summed E-state index contributed by atoms with van der Waals surface area (Å²) in [6, 6.07) is 7.54. The van der Waals surface area contributed by atoms with Crippen LogP contribution in [0, 0.1) is 11.8 Å². The normalized spacial score (nSPS) is 26.3. The number of rotatable bonds is 1. The molecule has 96 valence electrons. The summed E-state index contributed by atoms with van der Waals surface area (Å²) in [4.78, 5) is 14.7. The predicted octanol–water partition coefficient (Wildman–Crippen LogP) is 2.87. The molecule has 19 heavy (non-hydrogen) atoms. The van der Waals surface area contributed by atoms with Gasteiger partial charge in [0.15, 0.2) is 5.78 Å². The molecule has 2 unspecified atom stereocenters. The van der Waals surface area contributed by atoms with Gasteiger partial charge in [0.05, 0.1) is 15.9 Å². The Morgan fingerprint density at radius 3 is 2.42 bits per heavy atom. The van der Waals surface area contributed by atoms with Gasteiger partial charge in [0, 0.05) is 16.3 Å². The molecule has 2 nitrogen and oxygen atoms in total. The van der Waals surface area contributed by atoms with Gasteiger partial charge in [-0.1, -0.05) is 60.9 Å². The molecule has 1 aromatic carbocycles. The zero-order valence-electron chi connectivity index (χ0n) is 10.0. The van der Waals surface area contributed by atoms with Gasteiger partial charge < -0.3 is 5.32 Å². The number of fused-ring (bicyclic) bond motifs is 1. The third kappa shape index (κ3) is 2.06. The number of hydrogen-bond donors (Lipinski definition) is 1. The molecule has 1 aromatic rings. The molecule has 5 heteroatoms. The topological polar surface area (TPSA) is 29.1 Å². The van der Waals surface area contributed by atoms with Gasteiger partial charge >= 0.3 is 0 Å².